The summed E-state index contributed by atoms with van der Waals surface area (Å²) in [6.07, 6.45) is 0. The Morgan fingerprint density at radius 1 is 1.12 bits per heavy atom. The second-order valence-corrected chi connectivity index (χ2v) is 5.47. The number of benzene rings is 2. The molecule has 0 saturated heterocycles. The molecule has 2 aromatic carbocycles. The molecule has 0 aliphatic carbocycles. The van der Waals surface area contributed by atoms with Gasteiger partial charge >= 0.3 is 5.97 Å². The minimum Gasteiger partial charge on any atom is -0.465 e. The van der Waals surface area contributed by atoms with Crippen LogP contribution >= 0.6 is 0 Å². The van der Waals surface area contributed by atoms with E-state index >= 15 is 0 Å². The van der Waals surface area contributed by atoms with Crippen LogP contribution in [-0.4, -0.2) is 24.0 Å². The molecule has 0 atom stereocenters. The first-order valence-electron chi connectivity index (χ1n) is 7.55. The van der Waals surface area contributed by atoms with E-state index in [4.69, 9.17) is 4.74 Å². The van der Waals surface area contributed by atoms with E-state index in [1.165, 1.54) is 25.3 Å². The molecule has 126 valence electrons. The van der Waals surface area contributed by atoms with Gasteiger partial charge in [0, 0.05) is 11.1 Å². The van der Waals surface area contributed by atoms with Crippen molar-refractivity contribution in [1.29, 1.82) is 0 Å². The number of aromatic nitrogens is 1. The van der Waals surface area contributed by atoms with Crippen molar-refractivity contribution in [3.05, 3.63) is 71.2 Å². The van der Waals surface area contributed by atoms with E-state index in [2.05, 4.69) is 10.3 Å². The summed E-state index contributed by atoms with van der Waals surface area (Å²) in [5.74, 6) is -1.67. The minimum atomic E-state index is -0.606. The third-order valence-corrected chi connectivity index (χ3v) is 3.72. The maximum absolute atomic E-state index is 13.8. The second kappa shape index (κ2) is 6.68. The molecular formula is C19H15FN2O3. The zero-order valence-electron chi connectivity index (χ0n) is 13.7. The maximum Gasteiger partial charge on any atom is 0.337 e. The fourth-order valence-electron chi connectivity index (χ4n) is 2.54. The highest BCUT2D eigenvalue weighted by atomic mass is 19.1. The lowest BCUT2D eigenvalue weighted by Gasteiger charge is -2.11. The Kier molecular flexibility index (Phi) is 4.43. The molecule has 5 nitrogen and oxygen atoms in total. The van der Waals surface area contributed by atoms with Crippen molar-refractivity contribution < 1.29 is 18.7 Å². The summed E-state index contributed by atoms with van der Waals surface area (Å²) in [5, 5.41) is 3.26. The van der Waals surface area contributed by atoms with Gasteiger partial charge in [0.25, 0.3) is 5.91 Å². The number of nitrogens with zero attached hydrogens (tertiary/aromatic N) is 1. The van der Waals surface area contributed by atoms with Gasteiger partial charge in [-0.2, -0.15) is 0 Å². The van der Waals surface area contributed by atoms with Crippen LogP contribution in [0.25, 0.3) is 10.9 Å². The number of fused-ring (bicyclic) bond motifs is 1. The fraction of sp³-hybridized carbons (Fsp3) is 0.105. The SMILES string of the molecule is COC(=O)c1ccc2nc(C)cc(NC(=O)c3ccccc3F)c2c1. The summed E-state index contributed by atoms with van der Waals surface area (Å²) in [4.78, 5) is 28.5. The highest BCUT2D eigenvalue weighted by Gasteiger charge is 2.15. The monoisotopic (exact) mass is 338 g/mol. The summed E-state index contributed by atoms with van der Waals surface area (Å²) in [6, 6.07) is 12.3. The quantitative estimate of drug-likeness (QED) is 0.739. The predicted molar refractivity (Wildman–Crippen MR) is 92.2 cm³/mol. The summed E-state index contributed by atoms with van der Waals surface area (Å²) < 4.78 is 18.5. The molecule has 1 amide bonds. The molecule has 25 heavy (non-hydrogen) atoms. The van der Waals surface area contributed by atoms with E-state index in [0.29, 0.717) is 27.8 Å². The fourth-order valence-corrected chi connectivity index (χ4v) is 2.54. The lowest BCUT2D eigenvalue weighted by Crippen LogP contribution is -2.14. The summed E-state index contributed by atoms with van der Waals surface area (Å²) in [7, 11) is 1.29. The van der Waals surface area contributed by atoms with Crippen molar-refractivity contribution in [2.24, 2.45) is 0 Å². The van der Waals surface area contributed by atoms with Gasteiger partial charge in [0.05, 0.1) is 29.4 Å². The summed E-state index contributed by atoms with van der Waals surface area (Å²) in [6.45, 7) is 1.78. The second-order valence-electron chi connectivity index (χ2n) is 5.47. The van der Waals surface area contributed by atoms with Crippen LogP contribution in [0, 0.1) is 12.7 Å². The van der Waals surface area contributed by atoms with Crippen molar-refractivity contribution in [2.45, 2.75) is 6.92 Å². The number of pyridine rings is 1. The van der Waals surface area contributed by atoms with Crippen molar-refractivity contribution in [3.63, 3.8) is 0 Å². The topological polar surface area (TPSA) is 68.3 Å². The highest BCUT2D eigenvalue weighted by Crippen LogP contribution is 2.25. The molecule has 0 unspecified atom stereocenters. The van der Waals surface area contributed by atoms with E-state index in [1.807, 2.05) is 0 Å². The third-order valence-electron chi connectivity index (χ3n) is 3.72. The number of hydrogen-bond acceptors (Lipinski definition) is 4. The van der Waals surface area contributed by atoms with Crippen LogP contribution in [0.2, 0.25) is 0 Å². The van der Waals surface area contributed by atoms with Gasteiger partial charge in [-0.05, 0) is 43.3 Å². The van der Waals surface area contributed by atoms with E-state index in [1.54, 1.807) is 37.3 Å². The van der Waals surface area contributed by atoms with Gasteiger partial charge in [0.2, 0.25) is 0 Å². The van der Waals surface area contributed by atoms with Gasteiger partial charge in [0.1, 0.15) is 5.82 Å². The molecule has 0 aliphatic rings. The first kappa shape index (κ1) is 16.6. The van der Waals surface area contributed by atoms with Crippen LogP contribution in [0.5, 0.6) is 0 Å². The number of anilines is 1. The molecule has 3 rings (SSSR count). The van der Waals surface area contributed by atoms with Gasteiger partial charge < -0.3 is 10.1 Å². The Labute approximate surface area is 143 Å². The van der Waals surface area contributed by atoms with Gasteiger partial charge in [-0.25, -0.2) is 9.18 Å². The number of halogens is 1. The molecule has 0 fully saturated rings. The maximum atomic E-state index is 13.8. The summed E-state index contributed by atoms with van der Waals surface area (Å²) >= 11 is 0. The van der Waals surface area contributed by atoms with Gasteiger partial charge in [0.15, 0.2) is 0 Å². The number of methoxy groups -OCH3 is 1. The number of nitrogens with one attached hydrogen (secondary N) is 1. The lowest BCUT2D eigenvalue weighted by molar-refractivity contribution is 0.0601. The molecule has 1 N–H and O–H groups in total. The number of carbonyl (C=O) groups excluding carboxylic acids is 2. The lowest BCUT2D eigenvalue weighted by atomic mass is 10.1. The van der Waals surface area contributed by atoms with Crippen molar-refractivity contribution in [2.75, 3.05) is 12.4 Å². The molecule has 0 radical (unpaired) electrons. The molecule has 0 bridgehead atoms. The summed E-state index contributed by atoms with van der Waals surface area (Å²) in [5.41, 5.74) is 2.01. The van der Waals surface area contributed by atoms with Crippen molar-refractivity contribution >= 4 is 28.5 Å². The zero-order valence-corrected chi connectivity index (χ0v) is 13.7. The van der Waals surface area contributed by atoms with Crippen LogP contribution in [0.1, 0.15) is 26.4 Å². The van der Waals surface area contributed by atoms with Crippen molar-refractivity contribution in [3.8, 4) is 0 Å². The van der Waals surface area contributed by atoms with E-state index in [9.17, 15) is 14.0 Å². The number of amides is 1. The number of aryl methyl sites for hydroxylation is 1. The van der Waals surface area contributed by atoms with Gasteiger partial charge in [-0.3, -0.25) is 9.78 Å². The first-order valence-corrected chi connectivity index (χ1v) is 7.55. The molecule has 3 aromatic rings. The number of esters is 1. The van der Waals surface area contributed by atoms with Gasteiger partial charge in [-0.1, -0.05) is 12.1 Å². The molecule has 6 heteroatoms. The zero-order chi connectivity index (χ0) is 18.0. The van der Waals surface area contributed by atoms with Crippen LogP contribution in [0.15, 0.2) is 48.5 Å². The average Bonchev–Trinajstić information content (AvgIpc) is 2.61. The molecule has 0 spiro atoms. The van der Waals surface area contributed by atoms with Crippen molar-refractivity contribution in [1.82, 2.24) is 4.98 Å². The Bertz CT molecular complexity index is 986. The predicted octanol–water partition coefficient (Wildman–Crippen LogP) is 3.72. The van der Waals surface area contributed by atoms with E-state index in [0.717, 1.165) is 0 Å². The Hall–Kier alpha value is -3.28. The first-order chi connectivity index (χ1) is 12.0. The van der Waals surface area contributed by atoms with Crippen LogP contribution in [0.4, 0.5) is 10.1 Å². The molecular weight excluding hydrogens is 323 g/mol. The molecule has 1 aromatic heterocycles. The Morgan fingerprint density at radius 3 is 2.60 bits per heavy atom. The number of rotatable bonds is 3. The molecule has 1 heterocycles. The average molecular weight is 338 g/mol. The normalized spacial score (nSPS) is 10.5. The van der Waals surface area contributed by atoms with Gasteiger partial charge in [-0.15, -0.1) is 0 Å². The van der Waals surface area contributed by atoms with Crippen LogP contribution in [0.3, 0.4) is 0 Å². The minimum absolute atomic E-state index is 0.0609. The molecule has 0 aliphatic heterocycles. The number of hydrogen-bond donors (Lipinski definition) is 1. The van der Waals surface area contributed by atoms with E-state index in [-0.39, 0.29) is 5.56 Å². The smallest absolute Gasteiger partial charge is 0.337 e. The Morgan fingerprint density at radius 2 is 1.88 bits per heavy atom. The molecule has 0 saturated carbocycles. The Balaban J connectivity index is 2.06. The largest absolute Gasteiger partial charge is 0.465 e. The van der Waals surface area contributed by atoms with Crippen LogP contribution in [-0.2, 0) is 4.74 Å². The number of carbonyl (C=O) groups is 2. The van der Waals surface area contributed by atoms with E-state index < -0.39 is 17.7 Å². The third kappa shape index (κ3) is 3.33. The standard InChI is InChI=1S/C19H15FN2O3/c1-11-9-17(22-18(23)13-5-3-4-6-15(13)20)14-10-12(19(24)25-2)7-8-16(14)21-11/h3-10H,1-2H3,(H,21,22,23). The number of ether oxygens (including phenoxy) is 1. The highest BCUT2D eigenvalue weighted by molar-refractivity contribution is 6.09. The van der Waals surface area contributed by atoms with Crippen LogP contribution < -0.4 is 5.32 Å².